The minimum atomic E-state index is -0.387. The van der Waals surface area contributed by atoms with Crippen molar-refractivity contribution in [3.63, 3.8) is 0 Å². The van der Waals surface area contributed by atoms with Gasteiger partial charge in [0.1, 0.15) is 11.9 Å². The standard InChI is InChI=1S/C30H30N2O2/c1-19-14-15-22(16-27(19)30(31)33)28-17-23(34-29-13-6-5-11-26(28)29)18-32-20(2)24-12-7-9-21-8-3-4-10-25(21)24/h3-16,20,23,28,32H,17-18H2,1-2H3,(H2,31,33)/t20-,23-,28+/m1/s1. The van der Waals surface area contributed by atoms with Crippen molar-refractivity contribution in [2.45, 2.75) is 38.3 Å². The molecule has 3 N–H and O–H groups in total. The highest BCUT2D eigenvalue weighted by atomic mass is 16.5. The summed E-state index contributed by atoms with van der Waals surface area (Å²) in [4.78, 5) is 12.0. The second kappa shape index (κ2) is 9.32. The van der Waals surface area contributed by atoms with Crippen LogP contribution in [0.4, 0.5) is 0 Å². The van der Waals surface area contributed by atoms with Crippen molar-refractivity contribution >= 4 is 16.7 Å². The number of ether oxygens (including phenoxy) is 1. The highest BCUT2D eigenvalue weighted by Crippen LogP contribution is 2.40. The molecule has 0 spiro atoms. The van der Waals surface area contributed by atoms with Crippen molar-refractivity contribution < 1.29 is 9.53 Å². The van der Waals surface area contributed by atoms with Gasteiger partial charge >= 0.3 is 0 Å². The molecule has 1 amide bonds. The van der Waals surface area contributed by atoms with E-state index in [9.17, 15) is 4.79 Å². The van der Waals surface area contributed by atoms with Gasteiger partial charge in [-0.05, 0) is 59.9 Å². The Hall–Kier alpha value is -3.63. The first-order valence-electron chi connectivity index (χ1n) is 11.9. The average Bonchev–Trinajstić information content (AvgIpc) is 2.86. The molecule has 0 saturated heterocycles. The van der Waals surface area contributed by atoms with E-state index in [0.717, 1.165) is 35.4 Å². The van der Waals surface area contributed by atoms with Crippen LogP contribution in [0, 0.1) is 6.92 Å². The summed E-state index contributed by atoms with van der Waals surface area (Å²) in [6, 6.07) is 29.4. The first-order chi connectivity index (χ1) is 16.5. The number of primary amides is 1. The summed E-state index contributed by atoms with van der Waals surface area (Å²) in [7, 11) is 0. The Morgan fingerprint density at radius 2 is 1.79 bits per heavy atom. The number of benzene rings is 4. The number of hydrogen-bond donors (Lipinski definition) is 2. The predicted octanol–water partition coefficient (Wildman–Crippen LogP) is 5.88. The smallest absolute Gasteiger partial charge is 0.248 e. The Kier molecular flexibility index (Phi) is 6.08. The van der Waals surface area contributed by atoms with E-state index in [4.69, 9.17) is 10.5 Å². The molecule has 1 heterocycles. The molecule has 0 fully saturated rings. The lowest BCUT2D eigenvalue weighted by molar-refractivity contribution is 0.0999. The fourth-order valence-electron chi connectivity index (χ4n) is 5.10. The van der Waals surface area contributed by atoms with Gasteiger partial charge < -0.3 is 15.8 Å². The molecule has 1 aliphatic rings. The van der Waals surface area contributed by atoms with E-state index >= 15 is 0 Å². The topological polar surface area (TPSA) is 64.3 Å². The molecule has 4 nitrogen and oxygen atoms in total. The second-order valence-corrected chi connectivity index (χ2v) is 9.20. The van der Waals surface area contributed by atoms with Crippen LogP contribution < -0.4 is 15.8 Å². The van der Waals surface area contributed by atoms with Gasteiger partial charge in [-0.2, -0.15) is 0 Å². The van der Waals surface area contributed by atoms with Gasteiger partial charge in [0, 0.05) is 29.6 Å². The molecule has 5 rings (SSSR count). The lowest BCUT2D eigenvalue weighted by Crippen LogP contribution is -2.37. The molecule has 4 heteroatoms. The van der Waals surface area contributed by atoms with Crippen LogP contribution in [0.5, 0.6) is 5.75 Å². The number of rotatable bonds is 6. The zero-order valence-corrected chi connectivity index (χ0v) is 19.6. The normalized spacial score (nSPS) is 18.2. The summed E-state index contributed by atoms with van der Waals surface area (Å²) in [5.41, 5.74) is 10.7. The number of nitrogens with one attached hydrogen (secondary N) is 1. The summed E-state index contributed by atoms with van der Waals surface area (Å²) in [6.07, 6.45) is 0.837. The molecule has 0 bridgehead atoms. The SMILES string of the molecule is Cc1ccc([C@@H]2C[C@H](CN[C@H](C)c3cccc4ccccc34)Oc3ccccc32)cc1C(N)=O. The Labute approximate surface area is 200 Å². The highest BCUT2D eigenvalue weighted by Gasteiger charge is 2.30. The van der Waals surface area contributed by atoms with Gasteiger partial charge in [-0.1, -0.05) is 72.8 Å². The Bertz CT molecular complexity index is 1340. The largest absolute Gasteiger partial charge is 0.489 e. The third-order valence-corrected chi connectivity index (χ3v) is 6.96. The number of carbonyl (C=O) groups is 1. The lowest BCUT2D eigenvalue weighted by Gasteiger charge is -2.33. The molecule has 0 aliphatic carbocycles. The molecule has 3 atom stereocenters. The number of aryl methyl sites for hydroxylation is 1. The number of nitrogens with two attached hydrogens (primary N) is 1. The number of hydrogen-bond acceptors (Lipinski definition) is 3. The zero-order chi connectivity index (χ0) is 23.7. The first kappa shape index (κ1) is 22.2. The molecule has 0 radical (unpaired) electrons. The van der Waals surface area contributed by atoms with E-state index in [1.807, 2.05) is 37.3 Å². The summed E-state index contributed by atoms with van der Waals surface area (Å²) >= 11 is 0. The van der Waals surface area contributed by atoms with Crippen LogP contribution in [0.15, 0.2) is 84.9 Å². The predicted molar refractivity (Wildman–Crippen MR) is 137 cm³/mol. The molecule has 172 valence electrons. The van der Waals surface area contributed by atoms with Crippen LogP contribution in [-0.4, -0.2) is 18.6 Å². The van der Waals surface area contributed by atoms with E-state index in [1.54, 1.807) is 0 Å². The van der Waals surface area contributed by atoms with E-state index < -0.39 is 0 Å². The van der Waals surface area contributed by atoms with Crippen molar-refractivity contribution in [2.24, 2.45) is 5.73 Å². The van der Waals surface area contributed by atoms with Crippen LogP contribution in [0.3, 0.4) is 0 Å². The van der Waals surface area contributed by atoms with Gasteiger partial charge in [-0.25, -0.2) is 0 Å². The first-order valence-corrected chi connectivity index (χ1v) is 11.9. The van der Waals surface area contributed by atoms with Gasteiger partial charge in [-0.15, -0.1) is 0 Å². The van der Waals surface area contributed by atoms with E-state index in [-0.39, 0.29) is 24.0 Å². The Morgan fingerprint density at radius 3 is 2.65 bits per heavy atom. The van der Waals surface area contributed by atoms with Crippen molar-refractivity contribution in [3.05, 3.63) is 113 Å². The van der Waals surface area contributed by atoms with Crippen molar-refractivity contribution in [2.75, 3.05) is 6.54 Å². The van der Waals surface area contributed by atoms with Crippen LogP contribution in [-0.2, 0) is 0 Å². The van der Waals surface area contributed by atoms with Crippen LogP contribution in [0.2, 0.25) is 0 Å². The number of fused-ring (bicyclic) bond motifs is 2. The maximum absolute atomic E-state index is 12.0. The number of para-hydroxylation sites is 1. The van der Waals surface area contributed by atoms with E-state index in [2.05, 4.69) is 66.8 Å². The maximum Gasteiger partial charge on any atom is 0.248 e. The van der Waals surface area contributed by atoms with Gasteiger partial charge in [0.05, 0.1) is 0 Å². The van der Waals surface area contributed by atoms with E-state index in [0.29, 0.717) is 5.56 Å². The van der Waals surface area contributed by atoms with Crippen LogP contribution >= 0.6 is 0 Å². The molecule has 34 heavy (non-hydrogen) atoms. The minimum Gasteiger partial charge on any atom is -0.489 e. The lowest BCUT2D eigenvalue weighted by atomic mass is 9.83. The van der Waals surface area contributed by atoms with Crippen molar-refractivity contribution in [1.82, 2.24) is 5.32 Å². The summed E-state index contributed by atoms with van der Waals surface area (Å²) in [6.45, 7) is 4.85. The quantitative estimate of drug-likeness (QED) is 0.385. The Morgan fingerprint density at radius 1 is 1.03 bits per heavy atom. The third kappa shape index (κ3) is 4.29. The molecule has 4 aromatic rings. The molecule has 0 aromatic heterocycles. The molecule has 0 unspecified atom stereocenters. The van der Waals surface area contributed by atoms with E-state index in [1.165, 1.54) is 16.3 Å². The number of amides is 1. The van der Waals surface area contributed by atoms with Crippen LogP contribution in [0.1, 0.15) is 57.9 Å². The molecular weight excluding hydrogens is 420 g/mol. The summed E-state index contributed by atoms with van der Waals surface area (Å²) in [5, 5.41) is 6.23. The monoisotopic (exact) mass is 450 g/mol. The van der Waals surface area contributed by atoms with Gasteiger partial charge in [0.2, 0.25) is 5.91 Å². The highest BCUT2D eigenvalue weighted by molar-refractivity contribution is 5.94. The van der Waals surface area contributed by atoms with Crippen molar-refractivity contribution in [3.8, 4) is 5.75 Å². The average molecular weight is 451 g/mol. The molecule has 4 aromatic carbocycles. The third-order valence-electron chi connectivity index (χ3n) is 6.96. The fraction of sp³-hybridized carbons (Fsp3) is 0.233. The van der Waals surface area contributed by atoms with Gasteiger partial charge in [0.25, 0.3) is 0 Å². The number of carbonyl (C=O) groups excluding carboxylic acids is 1. The molecule has 0 saturated carbocycles. The fourth-order valence-corrected chi connectivity index (χ4v) is 5.10. The van der Waals surface area contributed by atoms with Crippen LogP contribution in [0.25, 0.3) is 10.8 Å². The van der Waals surface area contributed by atoms with Gasteiger partial charge in [-0.3, -0.25) is 4.79 Å². The van der Waals surface area contributed by atoms with Gasteiger partial charge in [0.15, 0.2) is 0 Å². The second-order valence-electron chi connectivity index (χ2n) is 9.20. The molecule has 1 aliphatic heterocycles. The minimum absolute atomic E-state index is 0.00987. The van der Waals surface area contributed by atoms with Crippen molar-refractivity contribution in [1.29, 1.82) is 0 Å². The Balaban J connectivity index is 1.39. The zero-order valence-electron chi connectivity index (χ0n) is 19.6. The molecular formula is C30H30N2O2. The summed E-state index contributed by atoms with van der Waals surface area (Å²) in [5.74, 6) is 0.662. The summed E-state index contributed by atoms with van der Waals surface area (Å²) < 4.78 is 6.40. The maximum atomic E-state index is 12.0.